The minimum atomic E-state index is 0.0942. The summed E-state index contributed by atoms with van der Waals surface area (Å²) in [4.78, 5) is 8.12. The number of nitrogens with one attached hydrogen (secondary N) is 1. The predicted molar refractivity (Wildman–Crippen MR) is 74.7 cm³/mol. The standard InChI is InChI=1S/C13H15ClN4/c1-8-7-16-13(15)18-12(8)17-9(2)10-4-3-5-11(14)6-10/h3-7,9H,1-2H3,(H3,15,16,17,18). The second-order valence-corrected chi connectivity index (χ2v) is 4.62. The molecule has 4 nitrogen and oxygen atoms in total. The molecule has 0 saturated heterocycles. The molecule has 5 heteroatoms. The smallest absolute Gasteiger partial charge is 0.221 e. The van der Waals surface area contributed by atoms with E-state index in [1.54, 1.807) is 6.20 Å². The van der Waals surface area contributed by atoms with E-state index in [1.165, 1.54) is 0 Å². The highest BCUT2D eigenvalue weighted by atomic mass is 35.5. The summed E-state index contributed by atoms with van der Waals surface area (Å²) >= 11 is 5.97. The number of hydrogen-bond acceptors (Lipinski definition) is 4. The van der Waals surface area contributed by atoms with Crippen LogP contribution in [0.25, 0.3) is 0 Å². The molecule has 3 N–H and O–H groups in total. The number of aryl methyl sites for hydroxylation is 1. The van der Waals surface area contributed by atoms with Gasteiger partial charge in [-0.15, -0.1) is 0 Å². The predicted octanol–water partition coefficient (Wildman–Crippen LogP) is 3.19. The van der Waals surface area contributed by atoms with Crippen LogP contribution in [0.15, 0.2) is 30.5 Å². The highest BCUT2D eigenvalue weighted by Gasteiger charge is 2.09. The molecule has 1 heterocycles. The second kappa shape index (κ2) is 5.23. The molecule has 1 aromatic carbocycles. The third kappa shape index (κ3) is 2.90. The van der Waals surface area contributed by atoms with E-state index >= 15 is 0 Å². The normalized spacial score (nSPS) is 12.2. The van der Waals surface area contributed by atoms with Crippen LogP contribution < -0.4 is 11.1 Å². The topological polar surface area (TPSA) is 63.8 Å². The van der Waals surface area contributed by atoms with Gasteiger partial charge in [-0.25, -0.2) is 4.98 Å². The molecular weight excluding hydrogens is 248 g/mol. The largest absolute Gasteiger partial charge is 0.368 e. The zero-order chi connectivity index (χ0) is 13.1. The minimum Gasteiger partial charge on any atom is -0.368 e. The van der Waals surface area contributed by atoms with Crippen LogP contribution in [0.3, 0.4) is 0 Å². The van der Waals surface area contributed by atoms with Gasteiger partial charge in [0, 0.05) is 16.8 Å². The maximum atomic E-state index is 5.97. The van der Waals surface area contributed by atoms with Crippen molar-refractivity contribution >= 4 is 23.4 Å². The van der Waals surface area contributed by atoms with Crippen LogP contribution in [0.1, 0.15) is 24.1 Å². The molecule has 0 fully saturated rings. The minimum absolute atomic E-state index is 0.0942. The van der Waals surface area contributed by atoms with Crippen molar-refractivity contribution < 1.29 is 0 Å². The maximum Gasteiger partial charge on any atom is 0.221 e. The lowest BCUT2D eigenvalue weighted by Gasteiger charge is -2.16. The maximum absolute atomic E-state index is 5.97. The summed E-state index contributed by atoms with van der Waals surface area (Å²) < 4.78 is 0. The van der Waals surface area contributed by atoms with Crippen molar-refractivity contribution in [2.24, 2.45) is 0 Å². The van der Waals surface area contributed by atoms with Gasteiger partial charge in [-0.3, -0.25) is 0 Å². The third-order valence-electron chi connectivity index (χ3n) is 2.69. The van der Waals surface area contributed by atoms with Gasteiger partial charge < -0.3 is 11.1 Å². The molecule has 0 bridgehead atoms. The first kappa shape index (κ1) is 12.6. The first-order chi connectivity index (χ1) is 8.56. The van der Waals surface area contributed by atoms with Gasteiger partial charge in [-0.2, -0.15) is 4.98 Å². The average Bonchev–Trinajstić information content (AvgIpc) is 2.34. The molecule has 0 spiro atoms. The lowest BCUT2D eigenvalue weighted by atomic mass is 10.1. The van der Waals surface area contributed by atoms with Crippen LogP contribution in [0.2, 0.25) is 5.02 Å². The second-order valence-electron chi connectivity index (χ2n) is 4.18. The van der Waals surface area contributed by atoms with Crippen molar-refractivity contribution in [3.8, 4) is 0 Å². The Morgan fingerprint density at radius 3 is 2.89 bits per heavy atom. The molecule has 0 aliphatic rings. The highest BCUT2D eigenvalue weighted by Crippen LogP contribution is 2.22. The first-order valence-corrected chi connectivity index (χ1v) is 6.05. The van der Waals surface area contributed by atoms with Gasteiger partial charge in [0.05, 0.1) is 6.04 Å². The molecule has 0 radical (unpaired) electrons. The van der Waals surface area contributed by atoms with Crippen molar-refractivity contribution in [1.82, 2.24) is 9.97 Å². The van der Waals surface area contributed by atoms with Crippen LogP contribution in [-0.2, 0) is 0 Å². The molecule has 2 aromatic rings. The molecule has 1 unspecified atom stereocenters. The van der Waals surface area contributed by atoms with Gasteiger partial charge in [0.2, 0.25) is 5.95 Å². The molecule has 0 saturated carbocycles. The number of nitrogens with zero attached hydrogens (tertiary/aromatic N) is 2. The van der Waals surface area contributed by atoms with E-state index in [0.29, 0.717) is 0 Å². The Kier molecular flexibility index (Phi) is 3.67. The van der Waals surface area contributed by atoms with E-state index in [9.17, 15) is 0 Å². The number of rotatable bonds is 3. The van der Waals surface area contributed by atoms with Crippen molar-refractivity contribution in [2.45, 2.75) is 19.9 Å². The molecule has 94 valence electrons. The highest BCUT2D eigenvalue weighted by molar-refractivity contribution is 6.30. The molecule has 18 heavy (non-hydrogen) atoms. The fraction of sp³-hybridized carbons (Fsp3) is 0.231. The summed E-state index contributed by atoms with van der Waals surface area (Å²) in [7, 11) is 0. The molecular formula is C13H15ClN4. The van der Waals surface area contributed by atoms with E-state index < -0.39 is 0 Å². The first-order valence-electron chi connectivity index (χ1n) is 5.67. The average molecular weight is 263 g/mol. The van der Waals surface area contributed by atoms with Crippen LogP contribution in [0.4, 0.5) is 11.8 Å². The Balaban J connectivity index is 2.21. The summed E-state index contributed by atoms with van der Waals surface area (Å²) in [5, 5.41) is 4.03. The summed E-state index contributed by atoms with van der Waals surface area (Å²) in [5.74, 6) is 1.01. The summed E-state index contributed by atoms with van der Waals surface area (Å²) in [6.45, 7) is 3.98. The van der Waals surface area contributed by atoms with Crippen LogP contribution in [0, 0.1) is 6.92 Å². The van der Waals surface area contributed by atoms with Crippen LogP contribution in [-0.4, -0.2) is 9.97 Å². The molecule has 1 aromatic heterocycles. The van der Waals surface area contributed by atoms with E-state index in [-0.39, 0.29) is 12.0 Å². The lowest BCUT2D eigenvalue weighted by molar-refractivity contribution is 0.869. The SMILES string of the molecule is Cc1cnc(N)nc1NC(C)c1cccc(Cl)c1. The van der Waals surface area contributed by atoms with E-state index in [4.69, 9.17) is 17.3 Å². The van der Waals surface area contributed by atoms with Crippen molar-refractivity contribution in [3.05, 3.63) is 46.6 Å². The van der Waals surface area contributed by atoms with Gasteiger partial charge in [-0.1, -0.05) is 23.7 Å². The Morgan fingerprint density at radius 1 is 1.39 bits per heavy atom. The van der Waals surface area contributed by atoms with Gasteiger partial charge >= 0.3 is 0 Å². The third-order valence-corrected chi connectivity index (χ3v) is 2.93. The summed E-state index contributed by atoms with van der Waals surface area (Å²) in [6, 6.07) is 7.82. The van der Waals surface area contributed by atoms with Crippen molar-refractivity contribution in [2.75, 3.05) is 11.1 Å². The fourth-order valence-corrected chi connectivity index (χ4v) is 1.86. The Morgan fingerprint density at radius 2 is 2.17 bits per heavy atom. The van der Waals surface area contributed by atoms with Gasteiger partial charge in [-0.05, 0) is 31.5 Å². The number of hydrogen-bond donors (Lipinski definition) is 2. The zero-order valence-electron chi connectivity index (χ0n) is 10.3. The van der Waals surface area contributed by atoms with E-state index in [0.717, 1.165) is 22.0 Å². The Labute approximate surface area is 111 Å². The lowest BCUT2D eigenvalue weighted by Crippen LogP contribution is -2.10. The summed E-state index contributed by atoms with van der Waals surface area (Å²) in [6.07, 6.45) is 1.70. The van der Waals surface area contributed by atoms with Crippen molar-refractivity contribution in [3.63, 3.8) is 0 Å². The molecule has 0 aliphatic carbocycles. The number of anilines is 2. The zero-order valence-corrected chi connectivity index (χ0v) is 11.1. The van der Waals surface area contributed by atoms with E-state index in [2.05, 4.69) is 15.3 Å². The van der Waals surface area contributed by atoms with E-state index in [1.807, 2.05) is 38.1 Å². The van der Waals surface area contributed by atoms with Crippen molar-refractivity contribution in [1.29, 1.82) is 0 Å². The molecule has 0 aliphatic heterocycles. The number of nitrogen functional groups attached to an aromatic ring is 1. The van der Waals surface area contributed by atoms with Gasteiger partial charge in [0.15, 0.2) is 0 Å². The number of aromatic nitrogens is 2. The molecule has 0 amide bonds. The monoisotopic (exact) mass is 262 g/mol. The van der Waals surface area contributed by atoms with Crippen LogP contribution >= 0.6 is 11.6 Å². The number of benzene rings is 1. The van der Waals surface area contributed by atoms with Crippen LogP contribution in [0.5, 0.6) is 0 Å². The van der Waals surface area contributed by atoms with Gasteiger partial charge in [0.25, 0.3) is 0 Å². The summed E-state index contributed by atoms with van der Waals surface area (Å²) in [5.41, 5.74) is 7.64. The molecule has 2 rings (SSSR count). The Hall–Kier alpha value is -1.81. The number of nitrogens with two attached hydrogens (primary N) is 1. The number of halogens is 1. The Bertz CT molecular complexity index is 556. The van der Waals surface area contributed by atoms with Gasteiger partial charge in [0.1, 0.15) is 5.82 Å². The molecule has 1 atom stereocenters. The fourth-order valence-electron chi connectivity index (χ4n) is 1.67. The quantitative estimate of drug-likeness (QED) is 0.892.